The minimum absolute atomic E-state index is 0.993. The largest absolute Gasteiger partial charge is 0.316 e. The third kappa shape index (κ3) is 4.82. The molecule has 0 aromatic carbocycles. The molecule has 0 unspecified atom stereocenters. The summed E-state index contributed by atoms with van der Waals surface area (Å²) >= 11 is 0. The monoisotopic (exact) mass is 193 g/mol. The van der Waals surface area contributed by atoms with E-state index in [2.05, 4.69) is 23.9 Å². The molecule has 0 aliphatic rings. The van der Waals surface area contributed by atoms with Gasteiger partial charge in [-0.2, -0.15) is 5.10 Å². The van der Waals surface area contributed by atoms with Crippen LogP contribution in [0.25, 0.3) is 0 Å². The Bertz CT molecular complexity index is 252. The van der Waals surface area contributed by atoms with Gasteiger partial charge < -0.3 is 5.32 Å². The molecule has 0 fully saturated rings. The summed E-state index contributed by atoms with van der Waals surface area (Å²) in [6, 6.07) is 1.95. The number of aromatic nitrogens is 2. The molecular weight excluding hydrogens is 174 g/mol. The molecule has 0 saturated carbocycles. The Kier molecular flexibility index (Phi) is 5.00. The van der Waals surface area contributed by atoms with E-state index in [1.165, 1.54) is 5.57 Å². The van der Waals surface area contributed by atoms with Gasteiger partial charge in [0, 0.05) is 18.9 Å². The number of aryl methyl sites for hydroxylation is 1. The van der Waals surface area contributed by atoms with Gasteiger partial charge in [0.05, 0.1) is 0 Å². The number of nitrogens with zero attached hydrogens (tertiary/aromatic N) is 2. The highest BCUT2D eigenvalue weighted by molar-refractivity contribution is 4.88. The minimum atomic E-state index is 0.993. The summed E-state index contributed by atoms with van der Waals surface area (Å²) in [5.41, 5.74) is 1.24. The molecule has 0 spiro atoms. The van der Waals surface area contributed by atoms with Crippen molar-refractivity contribution in [2.45, 2.75) is 26.3 Å². The Balaban J connectivity index is 1.92. The van der Waals surface area contributed by atoms with Crippen molar-refractivity contribution in [2.24, 2.45) is 0 Å². The Morgan fingerprint density at radius 2 is 2.36 bits per heavy atom. The van der Waals surface area contributed by atoms with Crippen molar-refractivity contribution < 1.29 is 0 Å². The first-order valence-electron chi connectivity index (χ1n) is 5.11. The van der Waals surface area contributed by atoms with Gasteiger partial charge in [-0.25, -0.2) is 0 Å². The first-order chi connectivity index (χ1) is 6.79. The maximum Gasteiger partial charge on any atom is 0.0489 e. The number of rotatable bonds is 7. The number of nitrogens with one attached hydrogen (secondary N) is 1. The van der Waals surface area contributed by atoms with Crippen LogP contribution in [0.5, 0.6) is 0 Å². The summed E-state index contributed by atoms with van der Waals surface area (Å²) in [6.45, 7) is 9.00. The predicted octanol–water partition coefficient (Wildman–Crippen LogP) is 1.83. The van der Waals surface area contributed by atoms with E-state index >= 15 is 0 Å². The highest BCUT2D eigenvalue weighted by atomic mass is 15.3. The lowest BCUT2D eigenvalue weighted by molar-refractivity contribution is 0.544. The molecule has 0 radical (unpaired) electrons. The molecule has 1 N–H and O–H groups in total. The van der Waals surface area contributed by atoms with E-state index in [0.717, 1.165) is 32.5 Å². The summed E-state index contributed by atoms with van der Waals surface area (Å²) in [7, 11) is 0. The molecule has 3 heteroatoms. The van der Waals surface area contributed by atoms with Crippen molar-refractivity contribution in [1.82, 2.24) is 15.1 Å². The van der Waals surface area contributed by atoms with Gasteiger partial charge in [-0.05, 0) is 38.9 Å². The van der Waals surface area contributed by atoms with Gasteiger partial charge in [0.2, 0.25) is 0 Å². The van der Waals surface area contributed by atoms with Crippen LogP contribution in [-0.4, -0.2) is 22.9 Å². The zero-order valence-corrected chi connectivity index (χ0v) is 8.87. The van der Waals surface area contributed by atoms with Crippen LogP contribution in [0.15, 0.2) is 30.6 Å². The molecule has 1 heterocycles. The molecular formula is C11H19N3. The maximum atomic E-state index is 4.14. The number of hydrogen-bond acceptors (Lipinski definition) is 2. The molecule has 14 heavy (non-hydrogen) atoms. The van der Waals surface area contributed by atoms with Crippen LogP contribution in [0.2, 0.25) is 0 Å². The molecule has 78 valence electrons. The molecule has 1 aromatic rings. The van der Waals surface area contributed by atoms with Crippen LogP contribution in [0.1, 0.15) is 19.8 Å². The number of hydrogen-bond donors (Lipinski definition) is 1. The lowest BCUT2D eigenvalue weighted by atomic mass is 10.2. The van der Waals surface area contributed by atoms with E-state index in [-0.39, 0.29) is 0 Å². The molecule has 0 atom stereocenters. The quantitative estimate of drug-likeness (QED) is 0.529. The molecule has 0 bridgehead atoms. The topological polar surface area (TPSA) is 29.9 Å². The van der Waals surface area contributed by atoms with Gasteiger partial charge in [0.1, 0.15) is 0 Å². The zero-order valence-electron chi connectivity index (χ0n) is 8.87. The van der Waals surface area contributed by atoms with Crippen LogP contribution in [0.3, 0.4) is 0 Å². The summed E-state index contributed by atoms with van der Waals surface area (Å²) in [6.07, 6.45) is 6.00. The van der Waals surface area contributed by atoms with Crippen molar-refractivity contribution in [3.8, 4) is 0 Å². The van der Waals surface area contributed by atoms with Crippen molar-refractivity contribution in [2.75, 3.05) is 13.1 Å². The van der Waals surface area contributed by atoms with Crippen LogP contribution < -0.4 is 5.32 Å². The summed E-state index contributed by atoms with van der Waals surface area (Å²) < 4.78 is 1.96. The van der Waals surface area contributed by atoms with E-state index in [1.54, 1.807) is 0 Å². The van der Waals surface area contributed by atoms with Gasteiger partial charge in [0.25, 0.3) is 0 Å². The highest BCUT2D eigenvalue weighted by Gasteiger charge is 1.91. The van der Waals surface area contributed by atoms with E-state index < -0.39 is 0 Å². The first-order valence-corrected chi connectivity index (χ1v) is 5.11. The van der Waals surface area contributed by atoms with Gasteiger partial charge in [-0.15, -0.1) is 6.58 Å². The molecule has 0 saturated heterocycles. The Labute approximate surface area is 85.8 Å². The third-order valence-corrected chi connectivity index (χ3v) is 2.03. The first kappa shape index (κ1) is 11.0. The maximum absolute atomic E-state index is 4.14. The second-order valence-corrected chi connectivity index (χ2v) is 3.58. The lowest BCUT2D eigenvalue weighted by Gasteiger charge is -2.04. The SMILES string of the molecule is C=C(C)CCNCCCn1cccn1. The highest BCUT2D eigenvalue weighted by Crippen LogP contribution is 1.92. The second kappa shape index (κ2) is 6.38. The van der Waals surface area contributed by atoms with Gasteiger partial charge >= 0.3 is 0 Å². The smallest absolute Gasteiger partial charge is 0.0489 e. The summed E-state index contributed by atoms with van der Waals surface area (Å²) in [4.78, 5) is 0. The average Bonchev–Trinajstić information content (AvgIpc) is 2.63. The van der Waals surface area contributed by atoms with Crippen LogP contribution >= 0.6 is 0 Å². The minimum Gasteiger partial charge on any atom is -0.316 e. The third-order valence-electron chi connectivity index (χ3n) is 2.03. The van der Waals surface area contributed by atoms with Crippen molar-refractivity contribution in [3.63, 3.8) is 0 Å². The van der Waals surface area contributed by atoms with Gasteiger partial charge in [-0.3, -0.25) is 4.68 Å². The fraction of sp³-hybridized carbons (Fsp3) is 0.545. The normalized spacial score (nSPS) is 10.4. The predicted molar refractivity (Wildman–Crippen MR) is 59.1 cm³/mol. The molecule has 3 nitrogen and oxygen atoms in total. The van der Waals surface area contributed by atoms with E-state index in [0.29, 0.717) is 0 Å². The molecule has 0 aliphatic carbocycles. The van der Waals surface area contributed by atoms with Crippen molar-refractivity contribution >= 4 is 0 Å². The van der Waals surface area contributed by atoms with E-state index in [9.17, 15) is 0 Å². The van der Waals surface area contributed by atoms with Gasteiger partial charge in [0.15, 0.2) is 0 Å². The second-order valence-electron chi connectivity index (χ2n) is 3.58. The fourth-order valence-electron chi connectivity index (χ4n) is 1.23. The fourth-order valence-corrected chi connectivity index (χ4v) is 1.23. The average molecular weight is 193 g/mol. The summed E-state index contributed by atoms with van der Waals surface area (Å²) in [5.74, 6) is 0. The van der Waals surface area contributed by atoms with Crippen LogP contribution in [-0.2, 0) is 6.54 Å². The molecule has 1 aromatic heterocycles. The van der Waals surface area contributed by atoms with Crippen molar-refractivity contribution in [3.05, 3.63) is 30.6 Å². The Morgan fingerprint density at radius 3 is 3.00 bits per heavy atom. The zero-order chi connectivity index (χ0) is 10.2. The van der Waals surface area contributed by atoms with Crippen LogP contribution in [0.4, 0.5) is 0 Å². The van der Waals surface area contributed by atoms with Crippen LogP contribution in [0, 0.1) is 0 Å². The Hall–Kier alpha value is -1.09. The van der Waals surface area contributed by atoms with Crippen molar-refractivity contribution in [1.29, 1.82) is 0 Å². The molecule has 0 aliphatic heterocycles. The van der Waals surface area contributed by atoms with Gasteiger partial charge in [-0.1, -0.05) is 5.57 Å². The summed E-state index contributed by atoms with van der Waals surface area (Å²) in [5, 5.41) is 7.51. The van der Waals surface area contributed by atoms with E-state index in [4.69, 9.17) is 0 Å². The lowest BCUT2D eigenvalue weighted by Crippen LogP contribution is -2.18. The standard InChI is InChI=1S/C11H19N3/c1-11(2)5-8-12-6-3-9-14-10-4-7-13-14/h4,7,10,12H,1,3,5-6,8-9H2,2H3. The van der Waals surface area contributed by atoms with E-state index in [1.807, 2.05) is 23.1 Å². The molecule has 1 rings (SSSR count). The molecule has 0 amide bonds. The Morgan fingerprint density at radius 1 is 1.50 bits per heavy atom.